The highest BCUT2D eigenvalue weighted by Crippen LogP contribution is 2.27. The molecule has 1 aliphatic rings. The van der Waals surface area contributed by atoms with Crippen LogP contribution in [0.1, 0.15) is 28.4 Å². The molecule has 1 atom stereocenters. The Morgan fingerprint density at radius 1 is 0.914 bits per heavy atom. The normalized spacial score (nSPS) is 17.1. The molecule has 174 valence electrons. The quantitative estimate of drug-likeness (QED) is 0.381. The van der Waals surface area contributed by atoms with Gasteiger partial charge in [-0.25, -0.2) is 4.79 Å². The lowest BCUT2D eigenvalue weighted by molar-refractivity contribution is -0.123. The summed E-state index contributed by atoms with van der Waals surface area (Å²) in [5.74, 6) is -0.00865. The number of rotatable bonds is 5. The molecule has 1 unspecified atom stereocenters. The predicted molar refractivity (Wildman–Crippen MR) is 128 cm³/mol. The Kier molecular flexibility index (Phi) is 5.37. The minimum atomic E-state index is -1.21. The molecule has 9 nitrogen and oxygen atoms in total. The summed E-state index contributed by atoms with van der Waals surface area (Å²) in [5.41, 5.74) is 2.92. The number of imide groups is 1. The minimum Gasteiger partial charge on any atom is -0.416 e. The number of aromatic nitrogens is 2. The Hall–Kier alpha value is -4.79. The summed E-state index contributed by atoms with van der Waals surface area (Å²) in [7, 11) is 0. The number of nitrogens with one attached hydrogen (secondary N) is 3. The van der Waals surface area contributed by atoms with Gasteiger partial charge in [-0.2, -0.15) is 0 Å². The van der Waals surface area contributed by atoms with E-state index in [2.05, 4.69) is 26.1 Å². The van der Waals surface area contributed by atoms with Gasteiger partial charge in [-0.15, -0.1) is 10.2 Å². The zero-order valence-electron chi connectivity index (χ0n) is 19.0. The van der Waals surface area contributed by atoms with Crippen LogP contribution in [0, 0.1) is 6.92 Å². The van der Waals surface area contributed by atoms with Gasteiger partial charge in [0.05, 0.1) is 0 Å². The number of nitrogens with zero attached hydrogens (tertiary/aromatic N) is 2. The van der Waals surface area contributed by atoms with Crippen LogP contribution in [0.2, 0.25) is 0 Å². The summed E-state index contributed by atoms with van der Waals surface area (Å²) < 4.78 is 5.79. The maximum atomic E-state index is 12.8. The number of hydrogen-bond donors (Lipinski definition) is 3. The molecule has 1 aliphatic heterocycles. The molecular weight excluding hydrogens is 446 g/mol. The van der Waals surface area contributed by atoms with Crippen LogP contribution in [-0.4, -0.2) is 28.0 Å². The lowest BCUT2D eigenvalue weighted by Crippen LogP contribution is -2.40. The molecule has 1 aromatic heterocycles. The van der Waals surface area contributed by atoms with E-state index >= 15 is 0 Å². The molecule has 0 spiro atoms. The third-order valence-electron chi connectivity index (χ3n) is 5.86. The Balaban J connectivity index is 1.30. The van der Waals surface area contributed by atoms with Crippen LogP contribution in [0.5, 0.6) is 0 Å². The van der Waals surface area contributed by atoms with Crippen molar-refractivity contribution in [3.63, 3.8) is 0 Å². The Bertz CT molecular complexity index is 1440. The molecule has 1 saturated heterocycles. The second kappa shape index (κ2) is 8.53. The van der Waals surface area contributed by atoms with Crippen LogP contribution in [0.15, 0.2) is 77.2 Å². The lowest BCUT2D eigenvalue weighted by atomic mass is 9.92. The topological polar surface area (TPSA) is 126 Å². The zero-order valence-corrected chi connectivity index (χ0v) is 19.0. The van der Waals surface area contributed by atoms with Crippen molar-refractivity contribution in [1.29, 1.82) is 0 Å². The SMILES string of the molecule is Cc1ccc(-c2nnc(-c3ccc(C(=O)Nc4cccc(C5(C)NC(=O)NC5=O)c4)cc3)o2)cc1. The fourth-order valence-corrected chi connectivity index (χ4v) is 3.77. The summed E-state index contributed by atoms with van der Waals surface area (Å²) in [5, 5.41) is 15.9. The predicted octanol–water partition coefficient (Wildman–Crippen LogP) is 4.02. The second-order valence-corrected chi connectivity index (χ2v) is 8.42. The number of carbonyl (C=O) groups excluding carboxylic acids is 3. The molecule has 4 aromatic rings. The highest BCUT2D eigenvalue weighted by atomic mass is 16.4. The number of urea groups is 1. The monoisotopic (exact) mass is 467 g/mol. The van der Waals surface area contributed by atoms with Crippen LogP contribution < -0.4 is 16.0 Å². The van der Waals surface area contributed by atoms with Crippen molar-refractivity contribution in [3.8, 4) is 22.9 Å². The first-order valence-electron chi connectivity index (χ1n) is 10.9. The van der Waals surface area contributed by atoms with Crippen molar-refractivity contribution in [2.24, 2.45) is 0 Å². The third-order valence-corrected chi connectivity index (χ3v) is 5.86. The van der Waals surface area contributed by atoms with Crippen LogP contribution in [0.4, 0.5) is 10.5 Å². The van der Waals surface area contributed by atoms with Crippen molar-refractivity contribution in [1.82, 2.24) is 20.8 Å². The maximum Gasteiger partial charge on any atom is 0.322 e. The first-order chi connectivity index (χ1) is 16.8. The molecule has 0 aliphatic carbocycles. The van der Waals surface area contributed by atoms with E-state index in [0.717, 1.165) is 11.1 Å². The largest absolute Gasteiger partial charge is 0.416 e. The standard InChI is InChI=1S/C26H21N5O4/c1-15-6-8-17(9-7-15)22-30-31-23(35-22)18-12-10-16(11-13-18)21(32)27-20-5-3-4-19(14-20)26(2)24(33)28-25(34)29-26/h3-14H,1-2H3,(H,27,32)(H2,28,29,33,34). The van der Waals surface area contributed by atoms with Crippen LogP contribution in [0.25, 0.3) is 22.9 Å². The minimum absolute atomic E-state index is 0.329. The van der Waals surface area contributed by atoms with Crippen molar-refractivity contribution in [2.45, 2.75) is 19.4 Å². The van der Waals surface area contributed by atoms with Gasteiger partial charge in [-0.05, 0) is 67.9 Å². The van der Waals surface area contributed by atoms with Gasteiger partial charge in [0.1, 0.15) is 5.54 Å². The lowest BCUT2D eigenvalue weighted by Gasteiger charge is -2.21. The van der Waals surface area contributed by atoms with Gasteiger partial charge < -0.3 is 15.1 Å². The molecule has 3 N–H and O–H groups in total. The number of amides is 4. The van der Waals surface area contributed by atoms with Gasteiger partial charge in [0, 0.05) is 22.4 Å². The molecular formula is C26H21N5O4. The maximum absolute atomic E-state index is 12.8. The number of aryl methyl sites for hydroxylation is 1. The molecule has 0 saturated carbocycles. The summed E-state index contributed by atoms with van der Waals surface area (Å²) in [6.07, 6.45) is 0. The van der Waals surface area contributed by atoms with Crippen LogP contribution in [-0.2, 0) is 10.3 Å². The van der Waals surface area contributed by atoms with Gasteiger partial charge in [0.2, 0.25) is 11.8 Å². The average Bonchev–Trinajstić information content (AvgIpc) is 3.44. The first kappa shape index (κ1) is 22.0. The molecule has 2 heterocycles. The van der Waals surface area contributed by atoms with E-state index in [-0.39, 0.29) is 5.91 Å². The molecule has 0 bridgehead atoms. The summed E-state index contributed by atoms with van der Waals surface area (Å²) in [4.78, 5) is 36.6. The van der Waals surface area contributed by atoms with Crippen molar-refractivity contribution in [2.75, 3.05) is 5.32 Å². The van der Waals surface area contributed by atoms with Gasteiger partial charge in [0.25, 0.3) is 11.8 Å². The van der Waals surface area contributed by atoms with Crippen molar-refractivity contribution < 1.29 is 18.8 Å². The van der Waals surface area contributed by atoms with Gasteiger partial charge in [-0.1, -0.05) is 29.8 Å². The zero-order chi connectivity index (χ0) is 24.6. The number of carbonyl (C=O) groups is 3. The average molecular weight is 467 g/mol. The van der Waals surface area contributed by atoms with Crippen LogP contribution >= 0.6 is 0 Å². The number of anilines is 1. The van der Waals surface area contributed by atoms with Crippen molar-refractivity contribution >= 4 is 23.5 Å². The smallest absolute Gasteiger partial charge is 0.322 e. The van der Waals surface area contributed by atoms with Gasteiger partial charge >= 0.3 is 6.03 Å². The number of hydrogen-bond acceptors (Lipinski definition) is 6. The van der Waals surface area contributed by atoms with Gasteiger partial charge in [-0.3, -0.25) is 14.9 Å². The van der Waals surface area contributed by atoms with E-state index in [0.29, 0.717) is 34.2 Å². The summed E-state index contributed by atoms with van der Waals surface area (Å²) >= 11 is 0. The molecule has 4 amide bonds. The molecule has 1 fully saturated rings. The fourth-order valence-electron chi connectivity index (χ4n) is 3.77. The first-order valence-corrected chi connectivity index (χ1v) is 10.9. The van der Waals surface area contributed by atoms with E-state index in [1.54, 1.807) is 55.5 Å². The Morgan fingerprint density at radius 2 is 1.54 bits per heavy atom. The fraction of sp³-hybridized carbons (Fsp3) is 0.115. The molecule has 9 heteroatoms. The Morgan fingerprint density at radius 3 is 2.14 bits per heavy atom. The van der Waals surface area contributed by atoms with Gasteiger partial charge in [0.15, 0.2) is 0 Å². The highest BCUT2D eigenvalue weighted by molar-refractivity contribution is 6.08. The number of benzene rings is 3. The summed E-state index contributed by atoms with van der Waals surface area (Å²) in [6.45, 7) is 3.61. The van der Waals surface area contributed by atoms with E-state index in [9.17, 15) is 14.4 Å². The van der Waals surface area contributed by atoms with Crippen LogP contribution in [0.3, 0.4) is 0 Å². The van der Waals surface area contributed by atoms with E-state index in [1.165, 1.54) is 0 Å². The highest BCUT2D eigenvalue weighted by Gasteiger charge is 2.43. The van der Waals surface area contributed by atoms with Crippen molar-refractivity contribution in [3.05, 3.63) is 89.5 Å². The molecule has 3 aromatic carbocycles. The molecule has 0 radical (unpaired) electrons. The third kappa shape index (κ3) is 4.26. The second-order valence-electron chi connectivity index (χ2n) is 8.42. The summed E-state index contributed by atoms with van der Waals surface area (Å²) in [6, 6.07) is 20.8. The molecule has 35 heavy (non-hydrogen) atoms. The van der Waals surface area contributed by atoms with E-state index in [1.807, 2.05) is 31.2 Å². The Labute approximate surface area is 200 Å². The van der Waals surface area contributed by atoms with E-state index < -0.39 is 17.5 Å². The van der Waals surface area contributed by atoms with E-state index in [4.69, 9.17) is 4.42 Å². The molecule has 5 rings (SSSR count).